The molecule has 0 spiro atoms. The van der Waals surface area contributed by atoms with Gasteiger partial charge in [0.25, 0.3) is 0 Å². The normalized spacial score (nSPS) is 17.9. The molecule has 1 heterocycles. The Morgan fingerprint density at radius 3 is 2.67 bits per heavy atom. The molecule has 4 nitrogen and oxygen atoms in total. The summed E-state index contributed by atoms with van der Waals surface area (Å²) >= 11 is 0. The summed E-state index contributed by atoms with van der Waals surface area (Å²) < 4.78 is 0. The van der Waals surface area contributed by atoms with E-state index in [2.05, 4.69) is 17.1 Å². The minimum atomic E-state index is 0.199. The quantitative estimate of drug-likeness (QED) is 0.654. The molecule has 1 atom stereocenters. The zero-order valence-electron chi connectivity index (χ0n) is 11.8. The third-order valence-corrected chi connectivity index (χ3v) is 3.88. The van der Waals surface area contributed by atoms with Crippen molar-refractivity contribution >= 4 is 5.91 Å². The first-order valence-electron chi connectivity index (χ1n) is 7.45. The lowest BCUT2D eigenvalue weighted by Crippen LogP contribution is -2.33. The van der Waals surface area contributed by atoms with Crippen LogP contribution in [-0.2, 0) is 4.79 Å². The highest BCUT2D eigenvalue weighted by atomic mass is 16.1. The van der Waals surface area contributed by atoms with Crippen LogP contribution in [0.15, 0.2) is 0 Å². The van der Waals surface area contributed by atoms with E-state index in [0.29, 0.717) is 12.3 Å². The molecule has 1 saturated heterocycles. The molecule has 1 fully saturated rings. The number of likely N-dealkylation sites (tertiary alicyclic amines) is 1. The molecule has 1 aliphatic heterocycles. The lowest BCUT2D eigenvalue weighted by molar-refractivity contribution is -0.121. The van der Waals surface area contributed by atoms with Crippen molar-refractivity contribution in [1.29, 1.82) is 0 Å². The van der Waals surface area contributed by atoms with Crippen molar-refractivity contribution in [3.8, 4) is 0 Å². The Bertz CT molecular complexity index is 227. The van der Waals surface area contributed by atoms with Crippen molar-refractivity contribution in [2.75, 3.05) is 32.7 Å². The minimum absolute atomic E-state index is 0.199. The van der Waals surface area contributed by atoms with Crippen LogP contribution < -0.4 is 11.1 Å². The Kier molecular flexibility index (Phi) is 8.01. The van der Waals surface area contributed by atoms with E-state index in [0.717, 1.165) is 38.9 Å². The molecular weight excluding hydrogens is 226 g/mol. The first-order valence-corrected chi connectivity index (χ1v) is 7.45. The topological polar surface area (TPSA) is 58.4 Å². The number of hydrogen-bond donors (Lipinski definition) is 2. The first kappa shape index (κ1) is 15.4. The monoisotopic (exact) mass is 255 g/mol. The summed E-state index contributed by atoms with van der Waals surface area (Å²) in [5, 5.41) is 3.02. The largest absolute Gasteiger partial charge is 0.355 e. The van der Waals surface area contributed by atoms with Crippen molar-refractivity contribution in [2.45, 2.75) is 45.4 Å². The lowest BCUT2D eigenvalue weighted by atomic mass is 9.96. The van der Waals surface area contributed by atoms with Gasteiger partial charge in [0.05, 0.1) is 0 Å². The number of hydrogen-bond acceptors (Lipinski definition) is 3. The van der Waals surface area contributed by atoms with Crippen LogP contribution in [0, 0.1) is 5.92 Å². The van der Waals surface area contributed by atoms with Crippen LogP contribution in [0.3, 0.4) is 0 Å². The van der Waals surface area contributed by atoms with Crippen LogP contribution >= 0.6 is 0 Å². The number of nitrogens with one attached hydrogen (secondary N) is 1. The van der Waals surface area contributed by atoms with E-state index < -0.39 is 0 Å². The van der Waals surface area contributed by atoms with Gasteiger partial charge in [-0.05, 0) is 51.2 Å². The van der Waals surface area contributed by atoms with E-state index in [1.807, 2.05) is 0 Å². The summed E-state index contributed by atoms with van der Waals surface area (Å²) in [5.41, 5.74) is 5.56. The third-order valence-electron chi connectivity index (χ3n) is 3.88. The predicted molar refractivity (Wildman–Crippen MR) is 75.4 cm³/mol. The molecule has 0 aromatic heterocycles. The van der Waals surface area contributed by atoms with Crippen LogP contribution in [0.4, 0.5) is 0 Å². The maximum Gasteiger partial charge on any atom is 0.220 e. The minimum Gasteiger partial charge on any atom is -0.355 e. The molecule has 1 amide bonds. The molecular formula is C14H29N3O. The number of amides is 1. The third kappa shape index (κ3) is 6.36. The summed E-state index contributed by atoms with van der Waals surface area (Å²) in [6.07, 6.45) is 6.41. The molecule has 18 heavy (non-hydrogen) atoms. The molecule has 0 radical (unpaired) electrons. The molecule has 0 aromatic rings. The fourth-order valence-corrected chi connectivity index (χ4v) is 2.57. The van der Waals surface area contributed by atoms with Crippen molar-refractivity contribution in [2.24, 2.45) is 11.7 Å². The van der Waals surface area contributed by atoms with Gasteiger partial charge in [-0.1, -0.05) is 13.3 Å². The highest BCUT2D eigenvalue weighted by Crippen LogP contribution is 2.14. The summed E-state index contributed by atoms with van der Waals surface area (Å²) in [5.74, 6) is 0.809. The lowest BCUT2D eigenvalue weighted by Gasteiger charge is -2.16. The average Bonchev–Trinajstić information content (AvgIpc) is 2.87. The number of carbonyl (C=O) groups is 1. The highest BCUT2D eigenvalue weighted by molar-refractivity contribution is 5.75. The summed E-state index contributed by atoms with van der Waals surface area (Å²) in [7, 11) is 0. The smallest absolute Gasteiger partial charge is 0.220 e. The Morgan fingerprint density at radius 2 is 2.06 bits per heavy atom. The van der Waals surface area contributed by atoms with Gasteiger partial charge in [-0.2, -0.15) is 0 Å². The fourth-order valence-electron chi connectivity index (χ4n) is 2.57. The van der Waals surface area contributed by atoms with Gasteiger partial charge < -0.3 is 16.0 Å². The van der Waals surface area contributed by atoms with Gasteiger partial charge in [0.15, 0.2) is 0 Å². The maximum absolute atomic E-state index is 11.7. The fraction of sp³-hybridized carbons (Fsp3) is 0.929. The summed E-state index contributed by atoms with van der Waals surface area (Å²) in [6.45, 7) is 7.10. The standard InChI is InChI=1S/C14H29N3O/c1-2-13(7-8-15)5-6-14(18)16-9-12-17-10-3-4-11-17/h13H,2-12,15H2,1H3,(H,16,18). The van der Waals surface area contributed by atoms with E-state index >= 15 is 0 Å². The van der Waals surface area contributed by atoms with E-state index in [1.54, 1.807) is 0 Å². The zero-order valence-corrected chi connectivity index (χ0v) is 11.8. The van der Waals surface area contributed by atoms with Crippen molar-refractivity contribution < 1.29 is 4.79 Å². The molecule has 0 saturated carbocycles. The van der Waals surface area contributed by atoms with Crippen LogP contribution in [-0.4, -0.2) is 43.5 Å². The van der Waals surface area contributed by atoms with E-state index in [1.165, 1.54) is 25.9 Å². The Balaban J connectivity index is 2.02. The molecule has 4 heteroatoms. The molecule has 0 aliphatic carbocycles. The molecule has 1 unspecified atom stereocenters. The highest BCUT2D eigenvalue weighted by Gasteiger charge is 2.12. The second-order valence-electron chi connectivity index (χ2n) is 5.29. The van der Waals surface area contributed by atoms with Crippen molar-refractivity contribution in [3.05, 3.63) is 0 Å². The maximum atomic E-state index is 11.7. The molecule has 0 bridgehead atoms. The predicted octanol–water partition coefficient (Wildman–Crippen LogP) is 1.35. The van der Waals surface area contributed by atoms with Crippen molar-refractivity contribution in [1.82, 2.24) is 10.2 Å². The average molecular weight is 255 g/mol. The molecule has 1 rings (SSSR count). The van der Waals surface area contributed by atoms with Crippen LogP contribution in [0.2, 0.25) is 0 Å². The summed E-state index contributed by atoms with van der Waals surface area (Å²) in [6, 6.07) is 0. The Morgan fingerprint density at radius 1 is 1.33 bits per heavy atom. The van der Waals surface area contributed by atoms with Gasteiger partial charge in [-0.25, -0.2) is 0 Å². The van der Waals surface area contributed by atoms with Crippen LogP contribution in [0.25, 0.3) is 0 Å². The molecule has 3 N–H and O–H groups in total. The molecule has 0 aromatic carbocycles. The molecule has 106 valence electrons. The second kappa shape index (κ2) is 9.34. The van der Waals surface area contributed by atoms with Gasteiger partial charge in [0, 0.05) is 19.5 Å². The number of nitrogens with zero attached hydrogens (tertiary/aromatic N) is 1. The molecule has 1 aliphatic rings. The summed E-state index contributed by atoms with van der Waals surface area (Å²) in [4.78, 5) is 14.1. The van der Waals surface area contributed by atoms with E-state index in [4.69, 9.17) is 5.73 Å². The van der Waals surface area contributed by atoms with Crippen molar-refractivity contribution in [3.63, 3.8) is 0 Å². The SMILES string of the molecule is CCC(CCN)CCC(=O)NCCN1CCCC1. The number of carbonyl (C=O) groups excluding carboxylic acids is 1. The van der Waals surface area contributed by atoms with Gasteiger partial charge >= 0.3 is 0 Å². The van der Waals surface area contributed by atoms with Gasteiger partial charge in [0.1, 0.15) is 0 Å². The Labute approximate surface area is 111 Å². The Hall–Kier alpha value is -0.610. The van der Waals surface area contributed by atoms with Gasteiger partial charge in [0.2, 0.25) is 5.91 Å². The van der Waals surface area contributed by atoms with Gasteiger partial charge in [-0.15, -0.1) is 0 Å². The number of rotatable bonds is 9. The van der Waals surface area contributed by atoms with Crippen LogP contribution in [0.1, 0.15) is 45.4 Å². The second-order valence-corrected chi connectivity index (χ2v) is 5.29. The van der Waals surface area contributed by atoms with Crippen LogP contribution in [0.5, 0.6) is 0 Å². The zero-order chi connectivity index (χ0) is 13.2. The van der Waals surface area contributed by atoms with Gasteiger partial charge in [-0.3, -0.25) is 4.79 Å². The number of nitrogens with two attached hydrogens (primary N) is 1. The first-order chi connectivity index (χ1) is 8.76. The van der Waals surface area contributed by atoms with E-state index in [9.17, 15) is 4.79 Å². The van der Waals surface area contributed by atoms with E-state index in [-0.39, 0.29) is 5.91 Å².